The highest BCUT2D eigenvalue weighted by molar-refractivity contribution is 5.92. The van der Waals surface area contributed by atoms with Gasteiger partial charge < -0.3 is 19.4 Å². The van der Waals surface area contributed by atoms with E-state index in [0.29, 0.717) is 16.7 Å². The first-order chi connectivity index (χ1) is 13.2. The van der Waals surface area contributed by atoms with Crippen LogP contribution in [0.3, 0.4) is 0 Å². The van der Waals surface area contributed by atoms with Crippen LogP contribution in [0.15, 0.2) is 39.7 Å². The molecule has 2 aromatic rings. The van der Waals surface area contributed by atoms with Crippen LogP contribution in [-0.2, 0) is 4.74 Å². The topological polar surface area (TPSA) is 75.0 Å². The van der Waals surface area contributed by atoms with E-state index in [9.17, 15) is 9.59 Å². The molecule has 0 aliphatic carbocycles. The van der Waals surface area contributed by atoms with Crippen molar-refractivity contribution in [2.75, 3.05) is 44.7 Å². The second-order valence-corrected chi connectivity index (χ2v) is 7.18. The lowest BCUT2D eigenvalue weighted by Crippen LogP contribution is -2.52. The molecule has 7 heteroatoms. The van der Waals surface area contributed by atoms with Crippen LogP contribution < -0.4 is 10.7 Å². The molecule has 0 spiro atoms. The molecule has 0 unspecified atom stereocenters. The number of urea groups is 1. The molecular formula is C20H25N3O4. The fourth-order valence-corrected chi connectivity index (χ4v) is 3.90. The first-order valence-corrected chi connectivity index (χ1v) is 9.60. The van der Waals surface area contributed by atoms with E-state index in [1.165, 1.54) is 12.3 Å². The third-order valence-electron chi connectivity index (χ3n) is 5.37. The molecule has 1 atom stereocenters. The third-order valence-corrected chi connectivity index (χ3v) is 5.37. The molecular weight excluding hydrogens is 346 g/mol. The van der Waals surface area contributed by atoms with Gasteiger partial charge in [0.25, 0.3) is 0 Å². The van der Waals surface area contributed by atoms with Crippen LogP contribution in [0.2, 0.25) is 0 Å². The first-order valence-electron chi connectivity index (χ1n) is 9.60. The van der Waals surface area contributed by atoms with Gasteiger partial charge in [-0.3, -0.25) is 9.69 Å². The van der Waals surface area contributed by atoms with Gasteiger partial charge in [-0.05, 0) is 37.5 Å². The molecule has 2 aliphatic heterocycles. The number of hydrogen-bond donors (Lipinski definition) is 1. The van der Waals surface area contributed by atoms with E-state index in [0.717, 1.165) is 58.7 Å². The molecule has 4 rings (SSSR count). The molecule has 1 N–H and O–H groups in total. The third kappa shape index (κ3) is 4.14. The second kappa shape index (κ2) is 8.10. The number of anilines is 1. The highest BCUT2D eigenvalue weighted by Gasteiger charge is 2.29. The predicted molar refractivity (Wildman–Crippen MR) is 103 cm³/mol. The first kappa shape index (κ1) is 18.0. The van der Waals surface area contributed by atoms with Crippen LogP contribution in [0.4, 0.5) is 10.5 Å². The van der Waals surface area contributed by atoms with Crippen molar-refractivity contribution >= 4 is 22.7 Å². The minimum Gasteiger partial charge on any atom is -0.464 e. The smallest absolute Gasteiger partial charge is 0.322 e. The molecule has 2 saturated heterocycles. The maximum Gasteiger partial charge on any atom is 0.322 e. The molecule has 2 amide bonds. The molecule has 0 bridgehead atoms. The molecule has 1 aromatic carbocycles. The molecule has 0 saturated carbocycles. The number of nitrogens with one attached hydrogen (secondary N) is 1. The largest absolute Gasteiger partial charge is 0.464 e. The van der Waals surface area contributed by atoms with E-state index in [1.807, 2.05) is 4.90 Å². The van der Waals surface area contributed by atoms with Crippen molar-refractivity contribution in [3.8, 4) is 0 Å². The number of carbonyl (C=O) groups excluding carboxylic acids is 1. The lowest BCUT2D eigenvalue weighted by molar-refractivity contribution is 0.0229. The van der Waals surface area contributed by atoms with Gasteiger partial charge in [0, 0.05) is 44.0 Å². The Balaban J connectivity index is 1.47. The minimum absolute atomic E-state index is 0.104. The van der Waals surface area contributed by atoms with Crippen molar-refractivity contribution in [2.24, 2.45) is 0 Å². The summed E-state index contributed by atoms with van der Waals surface area (Å²) < 4.78 is 10.8. The minimum atomic E-state index is -0.115. The van der Waals surface area contributed by atoms with Crippen molar-refractivity contribution in [1.82, 2.24) is 9.80 Å². The summed E-state index contributed by atoms with van der Waals surface area (Å²) in [5, 5.41) is 3.43. The van der Waals surface area contributed by atoms with Crippen molar-refractivity contribution < 1.29 is 13.9 Å². The number of nitrogens with zero attached hydrogens (tertiary/aromatic N) is 2. The van der Waals surface area contributed by atoms with Gasteiger partial charge in [0.2, 0.25) is 0 Å². The van der Waals surface area contributed by atoms with Crippen LogP contribution in [0.25, 0.3) is 11.0 Å². The number of benzene rings is 1. The predicted octanol–water partition coefficient (Wildman–Crippen LogP) is 2.51. The number of likely N-dealkylation sites (tertiary alicyclic amines) is 1. The Morgan fingerprint density at radius 2 is 2.00 bits per heavy atom. The van der Waals surface area contributed by atoms with Crippen molar-refractivity contribution in [3.05, 3.63) is 40.8 Å². The van der Waals surface area contributed by atoms with Gasteiger partial charge in [0.1, 0.15) is 5.58 Å². The van der Waals surface area contributed by atoms with E-state index in [4.69, 9.17) is 9.15 Å². The molecule has 27 heavy (non-hydrogen) atoms. The van der Waals surface area contributed by atoms with Gasteiger partial charge in [-0.2, -0.15) is 0 Å². The van der Waals surface area contributed by atoms with E-state index in [2.05, 4.69) is 10.2 Å². The van der Waals surface area contributed by atoms with Gasteiger partial charge in [0.05, 0.1) is 24.9 Å². The quantitative estimate of drug-likeness (QED) is 0.897. The zero-order chi connectivity index (χ0) is 18.6. The highest BCUT2D eigenvalue weighted by Crippen LogP contribution is 2.21. The van der Waals surface area contributed by atoms with Gasteiger partial charge >= 0.3 is 6.03 Å². The van der Waals surface area contributed by atoms with Crippen LogP contribution in [-0.4, -0.2) is 61.3 Å². The maximum atomic E-state index is 12.9. The number of fused-ring (bicyclic) bond motifs is 1. The lowest BCUT2D eigenvalue weighted by atomic mass is 10.0. The van der Waals surface area contributed by atoms with Crippen LogP contribution in [0.1, 0.15) is 19.3 Å². The summed E-state index contributed by atoms with van der Waals surface area (Å²) in [6, 6.07) is 6.66. The van der Waals surface area contributed by atoms with Crippen LogP contribution in [0, 0.1) is 0 Å². The monoisotopic (exact) mass is 371 g/mol. The summed E-state index contributed by atoms with van der Waals surface area (Å²) in [7, 11) is 0. The fourth-order valence-electron chi connectivity index (χ4n) is 3.90. The SMILES string of the molecule is O=C(Nc1ccc2occc(=O)c2c1)N1CCCC[C@H]1CN1CCOCC1. The molecule has 144 valence electrons. The van der Waals surface area contributed by atoms with Gasteiger partial charge in [-0.1, -0.05) is 0 Å². The Labute approximate surface area is 157 Å². The van der Waals surface area contributed by atoms with E-state index in [1.54, 1.807) is 18.2 Å². The molecule has 2 fully saturated rings. The number of rotatable bonds is 3. The Morgan fingerprint density at radius 1 is 1.15 bits per heavy atom. The van der Waals surface area contributed by atoms with E-state index in [-0.39, 0.29) is 17.5 Å². The number of amides is 2. The summed E-state index contributed by atoms with van der Waals surface area (Å²) in [6.45, 7) is 5.02. The standard InChI is InChI=1S/C20H25N3O4/c24-18-6-10-27-19-5-4-15(13-17(18)19)21-20(25)23-7-2-1-3-16(23)14-22-8-11-26-12-9-22/h4-6,10,13,16H,1-3,7-9,11-12,14H2,(H,21,25)/t16-/m0/s1. The number of carbonyl (C=O) groups is 1. The van der Waals surface area contributed by atoms with Crippen LogP contribution >= 0.6 is 0 Å². The summed E-state index contributed by atoms with van der Waals surface area (Å²) in [6.07, 6.45) is 4.57. The van der Waals surface area contributed by atoms with Gasteiger partial charge in [-0.15, -0.1) is 0 Å². The zero-order valence-electron chi connectivity index (χ0n) is 15.4. The summed E-state index contributed by atoms with van der Waals surface area (Å²) in [5.74, 6) is 0. The zero-order valence-corrected chi connectivity index (χ0v) is 15.4. The van der Waals surface area contributed by atoms with Crippen molar-refractivity contribution in [1.29, 1.82) is 0 Å². The normalized spacial score (nSPS) is 21.3. The average molecular weight is 371 g/mol. The second-order valence-electron chi connectivity index (χ2n) is 7.18. The Morgan fingerprint density at radius 3 is 2.85 bits per heavy atom. The number of piperidine rings is 1. The molecule has 1 aromatic heterocycles. The van der Waals surface area contributed by atoms with E-state index >= 15 is 0 Å². The van der Waals surface area contributed by atoms with Crippen molar-refractivity contribution in [2.45, 2.75) is 25.3 Å². The Hall–Kier alpha value is -2.38. The number of morpholine rings is 1. The fraction of sp³-hybridized carbons (Fsp3) is 0.500. The highest BCUT2D eigenvalue weighted by atomic mass is 16.5. The van der Waals surface area contributed by atoms with Crippen molar-refractivity contribution in [3.63, 3.8) is 0 Å². The Kier molecular flexibility index (Phi) is 5.40. The summed E-state index contributed by atoms with van der Waals surface area (Å²) in [4.78, 5) is 29.2. The molecule has 2 aliphatic rings. The summed E-state index contributed by atoms with van der Waals surface area (Å²) >= 11 is 0. The van der Waals surface area contributed by atoms with Crippen LogP contribution in [0.5, 0.6) is 0 Å². The molecule has 3 heterocycles. The van der Waals surface area contributed by atoms with Gasteiger partial charge in [-0.25, -0.2) is 4.79 Å². The lowest BCUT2D eigenvalue weighted by Gasteiger charge is -2.39. The van der Waals surface area contributed by atoms with Gasteiger partial charge in [0.15, 0.2) is 5.43 Å². The number of ether oxygens (including phenoxy) is 1. The average Bonchev–Trinajstić information content (AvgIpc) is 2.70. The molecule has 0 radical (unpaired) electrons. The maximum absolute atomic E-state index is 12.9. The van der Waals surface area contributed by atoms with E-state index < -0.39 is 0 Å². The summed E-state index contributed by atoms with van der Waals surface area (Å²) in [5.41, 5.74) is 1.01. The molecule has 7 nitrogen and oxygen atoms in total. The number of hydrogen-bond acceptors (Lipinski definition) is 5. The Bertz CT molecular complexity index is 860.